The maximum Gasteiger partial charge on any atom is 0.301 e. The average Bonchev–Trinajstić information content (AvgIpc) is 2.95. The number of amides is 1. The minimum atomic E-state index is -0.486. The summed E-state index contributed by atoms with van der Waals surface area (Å²) in [7, 11) is 0. The molecule has 0 aliphatic carbocycles. The van der Waals surface area contributed by atoms with Gasteiger partial charge in [0.15, 0.2) is 5.03 Å². The van der Waals surface area contributed by atoms with E-state index < -0.39 is 4.92 Å². The van der Waals surface area contributed by atoms with E-state index in [1.165, 1.54) is 25.3 Å². The highest BCUT2D eigenvalue weighted by Gasteiger charge is 2.20. The topological polar surface area (TPSA) is 116 Å². The molecular formula is C16H14N6O3S. The van der Waals surface area contributed by atoms with Gasteiger partial charge in [0.25, 0.3) is 0 Å². The molecule has 132 valence electrons. The smallest absolute Gasteiger partial charge is 0.301 e. The lowest BCUT2D eigenvalue weighted by Crippen LogP contribution is -2.07. The molecule has 0 saturated carbocycles. The molecule has 0 bridgehead atoms. The van der Waals surface area contributed by atoms with Crippen molar-refractivity contribution in [1.82, 2.24) is 19.7 Å². The molecule has 0 saturated heterocycles. The van der Waals surface area contributed by atoms with E-state index in [0.717, 1.165) is 17.4 Å². The second-order valence-corrected chi connectivity index (χ2v) is 6.24. The van der Waals surface area contributed by atoms with Crippen LogP contribution in [-0.4, -0.2) is 30.6 Å². The predicted molar refractivity (Wildman–Crippen MR) is 95.4 cm³/mol. The van der Waals surface area contributed by atoms with Crippen LogP contribution < -0.4 is 5.32 Å². The fraction of sp³-hybridized carbons (Fsp3) is 0.125. The molecule has 0 unspecified atom stereocenters. The number of aryl methyl sites for hydroxylation is 1. The number of hydrogen-bond acceptors (Lipinski definition) is 7. The number of nitrogens with one attached hydrogen (secondary N) is 1. The molecule has 2 aromatic heterocycles. The van der Waals surface area contributed by atoms with Crippen molar-refractivity contribution in [3.63, 3.8) is 0 Å². The van der Waals surface area contributed by atoms with E-state index in [0.29, 0.717) is 16.7 Å². The first-order valence-electron chi connectivity index (χ1n) is 7.53. The molecule has 0 fully saturated rings. The normalized spacial score (nSPS) is 10.5. The van der Waals surface area contributed by atoms with Gasteiger partial charge >= 0.3 is 5.69 Å². The highest BCUT2D eigenvalue weighted by atomic mass is 32.2. The van der Waals surface area contributed by atoms with Crippen molar-refractivity contribution in [2.45, 2.75) is 24.0 Å². The lowest BCUT2D eigenvalue weighted by molar-refractivity contribution is -0.388. The molecule has 1 N–H and O–H groups in total. The maximum absolute atomic E-state index is 11.3. The van der Waals surface area contributed by atoms with E-state index in [1.807, 2.05) is 6.07 Å². The van der Waals surface area contributed by atoms with Crippen LogP contribution in [-0.2, 0) is 4.79 Å². The molecule has 3 aromatic rings. The number of nitro groups is 1. The Hall–Kier alpha value is -3.27. The summed E-state index contributed by atoms with van der Waals surface area (Å²) in [5.41, 5.74) is 1.25. The summed E-state index contributed by atoms with van der Waals surface area (Å²) in [5.74, 6) is 0.424. The van der Waals surface area contributed by atoms with E-state index in [9.17, 15) is 14.9 Å². The second kappa shape index (κ2) is 7.31. The molecule has 0 spiro atoms. The predicted octanol–water partition coefficient (Wildman–Crippen LogP) is 2.99. The minimum absolute atomic E-state index is 0.100. The van der Waals surface area contributed by atoms with E-state index in [-0.39, 0.29) is 16.6 Å². The van der Waals surface area contributed by atoms with E-state index in [1.54, 1.807) is 29.7 Å². The van der Waals surface area contributed by atoms with Crippen molar-refractivity contribution < 1.29 is 9.72 Å². The Labute approximate surface area is 152 Å². The fourth-order valence-corrected chi connectivity index (χ4v) is 3.26. The zero-order valence-corrected chi connectivity index (χ0v) is 14.7. The Morgan fingerprint density at radius 3 is 2.81 bits per heavy atom. The lowest BCUT2D eigenvalue weighted by Gasteiger charge is -2.10. The van der Waals surface area contributed by atoms with Gasteiger partial charge in [0.1, 0.15) is 5.82 Å². The summed E-state index contributed by atoms with van der Waals surface area (Å²) in [4.78, 5) is 26.1. The summed E-state index contributed by atoms with van der Waals surface area (Å²) in [6.45, 7) is 3.20. The summed E-state index contributed by atoms with van der Waals surface area (Å²) in [5, 5.41) is 22.7. The van der Waals surface area contributed by atoms with Crippen LogP contribution in [0.2, 0.25) is 0 Å². The van der Waals surface area contributed by atoms with Gasteiger partial charge in [-0.25, -0.2) is 4.98 Å². The zero-order valence-electron chi connectivity index (χ0n) is 13.9. The Bertz CT molecular complexity index is 988. The molecule has 0 aliphatic rings. The fourth-order valence-electron chi connectivity index (χ4n) is 2.32. The molecule has 0 radical (unpaired) electrons. The highest BCUT2D eigenvalue weighted by molar-refractivity contribution is 7.99. The molecule has 3 rings (SSSR count). The third-order valence-electron chi connectivity index (χ3n) is 3.36. The molecule has 2 heterocycles. The van der Waals surface area contributed by atoms with Gasteiger partial charge in [-0.05, 0) is 43.0 Å². The van der Waals surface area contributed by atoms with Crippen LogP contribution >= 0.6 is 11.8 Å². The number of benzene rings is 1. The van der Waals surface area contributed by atoms with E-state index in [2.05, 4.69) is 20.5 Å². The van der Waals surface area contributed by atoms with Crippen molar-refractivity contribution in [2.24, 2.45) is 0 Å². The average molecular weight is 370 g/mol. The standard InChI is InChI=1S/C16H14N6O3S/c1-10-19-20-16(26-15-14(22(24)25)7-4-8-17-15)21(10)13-6-3-5-12(9-13)18-11(2)23/h3-9H,1-2H3,(H,18,23). The first-order valence-corrected chi connectivity index (χ1v) is 8.34. The number of pyridine rings is 1. The van der Waals surface area contributed by atoms with Crippen molar-refractivity contribution in [3.8, 4) is 5.69 Å². The number of aromatic nitrogens is 4. The van der Waals surface area contributed by atoms with Crippen LogP contribution in [0.25, 0.3) is 5.69 Å². The SMILES string of the molecule is CC(=O)Nc1cccc(-n2c(C)nnc2Sc2ncccc2[N+](=O)[O-])c1. The summed E-state index contributed by atoms with van der Waals surface area (Å²) in [6.07, 6.45) is 1.49. The maximum atomic E-state index is 11.3. The third kappa shape index (κ3) is 3.70. The van der Waals surface area contributed by atoms with Crippen LogP contribution in [0, 0.1) is 17.0 Å². The van der Waals surface area contributed by atoms with Crippen LogP contribution in [0.5, 0.6) is 0 Å². The summed E-state index contributed by atoms with van der Waals surface area (Å²) in [6, 6.07) is 10.1. The van der Waals surface area contributed by atoms with Crippen LogP contribution in [0.4, 0.5) is 11.4 Å². The van der Waals surface area contributed by atoms with E-state index >= 15 is 0 Å². The van der Waals surface area contributed by atoms with Crippen LogP contribution in [0.15, 0.2) is 52.8 Å². The first kappa shape index (κ1) is 17.5. The Morgan fingerprint density at radius 1 is 1.27 bits per heavy atom. The second-order valence-electron chi connectivity index (χ2n) is 5.28. The van der Waals surface area contributed by atoms with Crippen molar-refractivity contribution >= 4 is 29.0 Å². The van der Waals surface area contributed by atoms with Gasteiger partial charge in [0.05, 0.1) is 10.6 Å². The molecule has 26 heavy (non-hydrogen) atoms. The molecular weight excluding hydrogens is 356 g/mol. The quantitative estimate of drug-likeness (QED) is 0.542. The molecule has 10 heteroatoms. The molecule has 0 aliphatic heterocycles. The number of hydrogen-bond donors (Lipinski definition) is 1. The highest BCUT2D eigenvalue weighted by Crippen LogP contribution is 2.33. The Kier molecular flexibility index (Phi) is 4.94. The number of carbonyl (C=O) groups is 1. The van der Waals surface area contributed by atoms with Crippen molar-refractivity contribution in [2.75, 3.05) is 5.32 Å². The first-order chi connectivity index (χ1) is 12.5. The zero-order chi connectivity index (χ0) is 18.7. The van der Waals surface area contributed by atoms with Gasteiger partial charge in [-0.2, -0.15) is 0 Å². The molecule has 9 nitrogen and oxygen atoms in total. The largest absolute Gasteiger partial charge is 0.326 e. The van der Waals surface area contributed by atoms with Crippen molar-refractivity contribution in [1.29, 1.82) is 0 Å². The van der Waals surface area contributed by atoms with Gasteiger partial charge in [-0.1, -0.05) is 6.07 Å². The van der Waals surface area contributed by atoms with Crippen molar-refractivity contribution in [3.05, 3.63) is 58.5 Å². The van der Waals surface area contributed by atoms with Gasteiger partial charge in [0.2, 0.25) is 11.1 Å². The van der Waals surface area contributed by atoms with Crippen LogP contribution in [0.3, 0.4) is 0 Å². The van der Waals surface area contributed by atoms with Gasteiger partial charge in [-0.3, -0.25) is 19.5 Å². The number of rotatable bonds is 5. The third-order valence-corrected chi connectivity index (χ3v) is 4.31. The Morgan fingerprint density at radius 2 is 2.08 bits per heavy atom. The number of nitrogens with zero attached hydrogens (tertiary/aromatic N) is 5. The van der Waals surface area contributed by atoms with Gasteiger partial charge in [0, 0.05) is 24.9 Å². The molecule has 0 atom stereocenters. The van der Waals surface area contributed by atoms with Gasteiger partial charge < -0.3 is 5.32 Å². The van der Waals surface area contributed by atoms with Crippen LogP contribution in [0.1, 0.15) is 12.7 Å². The van der Waals surface area contributed by atoms with E-state index in [4.69, 9.17) is 0 Å². The Balaban J connectivity index is 2.01. The minimum Gasteiger partial charge on any atom is -0.326 e. The molecule has 1 amide bonds. The monoisotopic (exact) mass is 370 g/mol. The number of anilines is 1. The summed E-state index contributed by atoms with van der Waals surface area (Å²) >= 11 is 1.05. The summed E-state index contributed by atoms with van der Waals surface area (Å²) < 4.78 is 1.74. The number of carbonyl (C=O) groups excluding carboxylic acids is 1. The molecule has 1 aromatic carbocycles. The lowest BCUT2D eigenvalue weighted by atomic mass is 10.2. The van der Waals surface area contributed by atoms with Gasteiger partial charge in [-0.15, -0.1) is 10.2 Å².